The molecule has 9 heteroatoms. The zero-order chi connectivity index (χ0) is 22.4. The molecule has 1 aromatic carbocycles. The number of carbonyl (C=O) groups excluding carboxylic acids is 1. The van der Waals surface area contributed by atoms with Gasteiger partial charge >= 0.3 is 0 Å². The lowest BCUT2D eigenvalue weighted by Crippen LogP contribution is -2.31. The number of hydrogen-bond donors (Lipinski definition) is 3. The number of amides is 1. The summed E-state index contributed by atoms with van der Waals surface area (Å²) >= 11 is 6.34. The third kappa shape index (κ3) is 6.29. The zero-order valence-corrected chi connectivity index (χ0v) is 18.2. The van der Waals surface area contributed by atoms with Gasteiger partial charge in [0.1, 0.15) is 0 Å². The molecule has 168 valence electrons. The van der Waals surface area contributed by atoms with E-state index in [1.165, 1.54) is 12.1 Å². The van der Waals surface area contributed by atoms with E-state index >= 15 is 0 Å². The first-order valence-electron chi connectivity index (χ1n) is 10.5. The standard InChI is InChI=1S/C22H28ClN3O5/c1-2-31-22(23)11-9-15(10-12-22)14-24-21(28)19-13-17(26(29)30)5-8-20(19)25-16-3-6-18(27)7-4-16/h5,8-11,13,16,18,25,27H,2-4,6-7,12,14H2,1H3,(H,24,28)/t16-,18+,22?. The first-order valence-corrected chi connectivity index (χ1v) is 10.9. The topological polar surface area (TPSA) is 114 Å². The van der Waals surface area contributed by atoms with Crippen molar-refractivity contribution in [2.45, 2.75) is 56.2 Å². The maximum atomic E-state index is 12.9. The summed E-state index contributed by atoms with van der Waals surface area (Å²) in [5.74, 6) is -0.399. The predicted molar refractivity (Wildman–Crippen MR) is 119 cm³/mol. The van der Waals surface area contributed by atoms with Crippen molar-refractivity contribution in [3.05, 3.63) is 57.7 Å². The lowest BCUT2D eigenvalue weighted by atomic mass is 9.92. The number of nitro groups is 1. The van der Waals surface area contributed by atoms with Crippen molar-refractivity contribution in [3.63, 3.8) is 0 Å². The summed E-state index contributed by atoms with van der Waals surface area (Å²) in [5.41, 5.74) is 1.51. The van der Waals surface area contributed by atoms with Crippen LogP contribution in [0.15, 0.2) is 42.0 Å². The Bertz CT molecular complexity index is 880. The van der Waals surface area contributed by atoms with Gasteiger partial charge in [-0.2, -0.15) is 0 Å². The van der Waals surface area contributed by atoms with Gasteiger partial charge in [0.25, 0.3) is 11.6 Å². The number of rotatable bonds is 8. The van der Waals surface area contributed by atoms with Crippen molar-refractivity contribution in [3.8, 4) is 0 Å². The average molecular weight is 450 g/mol. The molecule has 0 aromatic heterocycles. The number of alkyl halides is 1. The monoisotopic (exact) mass is 449 g/mol. The van der Waals surface area contributed by atoms with Crippen molar-refractivity contribution < 1.29 is 19.6 Å². The molecule has 1 saturated carbocycles. The molecule has 1 amide bonds. The van der Waals surface area contributed by atoms with Crippen molar-refractivity contribution in [1.82, 2.24) is 5.32 Å². The number of halogens is 1. The highest BCUT2D eigenvalue weighted by Crippen LogP contribution is 2.29. The van der Waals surface area contributed by atoms with Gasteiger partial charge in [-0.05, 0) is 50.3 Å². The Kier molecular flexibility index (Phi) is 7.69. The fourth-order valence-corrected chi connectivity index (χ4v) is 4.04. The summed E-state index contributed by atoms with van der Waals surface area (Å²) < 4.78 is 5.50. The molecule has 0 bridgehead atoms. The van der Waals surface area contributed by atoms with Crippen molar-refractivity contribution in [2.24, 2.45) is 0 Å². The largest absolute Gasteiger partial charge is 0.393 e. The van der Waals surface area contributed by atoms with Gasteiger partial charge in [-0.15, -0.1) is 0 Å². The number of non-ortho nitro benzene ring substituents is 1. The lowest BCUT2D eigenvalue weighted by Gasteiger charge is -2.28. The van der Waals surface area contributed by atoms with Crippen LogP contribution >= 0.6 is 11.6 Å². The Morgan fingerprint density at radius 3 is 2.71 bits per heavy atom. The molecule has 1 aromatic rings. The van der Waals surface area contributed by atoms with Crippen molar-refractivity contribution in [2.75, 3.05) is 18.5 Å². The highest BCUT2D eigenvalue weighted by molar-refractivity contribution is 6.24. The normalized spacial score (nSPS) is 25.6. The van der Waals surface area contributed by atoms with E-state index < -0.39 is 15.9 Å². The molecule has 0 aliphatic heterocycles. The van der Waals surface area contributed by atoms with Gasteiger partial charge in [-0.25, -0.2) is 0 Å². The van der Waals surface area contributed by atoms with E-state index in [-0.39, 0.29) is 29.9 Å². The molecule has 2 aliphatic rings. The number of anilines is 1. The zero-order valence-electron chi connectivity index (χ0n) is 17.5. The number of carbonyl (C=O) groups is 1. The van der Waals surface area contributed by atoms with E-state index in [0.29, 0.717) is 31.6 Å². The van der Waals surface area contributed by atoms with E-state index in [9.17, 15) is 20.0 Å². The number of aliphatic hydroxyl groups excluding tert-OH is 1. The smallest absolute Gasteiger partial charge is 0.270 e. The third-order valence-corrected chi connectivity index (χ3v) is 5.93. The minimum absolute atomic E-state index is 0.107. The van der Waals surface area contributed by atoms with Crippen molar-refractivity contribution >= 4 is 28.9 Å². The molecular weight excluding hydrogens is 422 g/mol. The molecule has 0 heterocycles. The van der Waals surface area contributed by atoms with E-state index in [1.54, 1.807) is 12.1 Å². The molecule has 3 rings (SSSR count). The third-order valence-electron chi connectivity index (χ3n) is 5.54. The summed E-state index contributed by atoms with van der Waals surface area (Å²) in [6.45, 7) is 2.64. The van der Waals surface area contributed by atoms with Gasteiger partial charge in [0.2, 0.25) is 0 Å². The maximum Gasteiger partial charge on any atom is 0.270 e. The SMILES string of the molecule is CCOC1(Cl)C=CC(CNC(=O)c2cc([N+](=O)[O-])ccc2N[C@H]2CC[C@@H](O)CC2)=CC1. The quantitative estimate of drug-likeness (QED) is 0.315. The van der Waals surface area contributed by atoms with E-state index in [2.05, 4.69) is 10.6 Å². The molecule has 0 radical (unpaired) electrons. The fourth-order valence-electron chi connectivity index (χ4n) is 3.79. The second-order valence-corrected chi connectivity index (χ2v) is 8.49. The highest BCUT2D eigenvalue weighted by Gasteiger charge is 2.26. The second kappa shape index (κ2) is 10.3. The molecule has 2 aliphatic carbocycles. The fraction of sp³-hybridized carbons (Fsp3) is 0.500. The highest BCUT2D eigenvalue weighted by atomic mass is 35.5. The molecule has 3 N–H and O–H groups in total. The molecule has 0 spiro atoms. The first kappa shape index (κ1) is 23.2. The number of nitrogens with zero attached hydrogens (tertiary/aromatic N) is 1. The summed E-state index contributed by atoms with van der Waals surface area (Å²) in [6, 6.07) is 4.36. The van der Waals surface area contributed by atoms with Gasteiger partial charge < -0.3 is 20.5 Å². The van der Waals surface area contributed by atoms with E-state index in [1.807, 2.05) is 19.1 Å². The summed E-state index contributed by atoms with van der Waals surface area (Å²) in [5, 5.41) is 26.2. The van der Waals surface area contributed by atoms with Crippen molar-refractivity contribution in [1.29, 1.82) is 0 Å². The number of nitro benzene ring substituents is 1. The summed E-state index contributed by atoms with van der Waals surface area (Å²) in [7, 11) is 0. The number of benzene rings is 1. The Morgan fingerprint density at radius 2 is 2.10 bits per heavy atom. The minimum atomic E-state index is -0.854. The predicted octanol–water partition coefficient (Wildman–Crippen LogP) is 3.90. The Labute approximate surface area is 186 Å². The van der Waals surface area contributed by atoms with Crippen LogP contribution < -0.4 is 10.6 Å². The van der Waals surface area contributed by atoms with E-state index in [4.69, 9.17) is 16.3 Å². The average Bonchev–Trinajstić information content (AvgIpc) is 2.75. The van der Waals surface area contributed by atoms with Crippen LogP contribution in [0, 0.1) is 10.1 Å². The Hall–Kier alpha value is -2.42. The summed E-state index contributed by atoms with van der Waals surface area (Å²) in [4.78, 5) is 23.6. The van der Waals surface area contributed by atoms with Crippen LogP contribution in [0.2, 0.25) is 0 Å². The van der Waals surface area contributed by atoms with E-state index in [0.717, 1.165) is 18.4 Å². The molecule has 8 nitrogen and oxygen atoms in total. The van der Waals surface area contributed by atoms with Gasteiger partial charge in [0.05, 0.1) is 16.6 Å². The molecule has 0 saturated heterocycles. The molecule has 1 unspecified atom stereocenters. The molecule has 31 heavy (non-hydrogen) atoms. The minimum Gasteiger partial charge on any atom is -0.393 e. The van der Waals surface area contributed by atoms with Crippen LogP contribution in [-0.4, -0.2) is 46.3 Å². The van der Waals surface area contributed by atoms with Crippen LogP contribution in [-0.2, 0) is 4.74 Å². The maximum absolute atomic E-state index is 12.9. The Balaban J connectivity index is 1.68. The van der Waals surface area contributed by atoms with Gasteiger partial charge in [-0.1, -0.05) is 23.8 Å². The first-order chi connectivity index (χ1) is 14.8. The van der Waals surface area contributed by atoms with Crippen LogP contribution in [0.5, 0.6) is 0 Å². The number of nitrogens with one attached hydrogen (secondary N) is 2. The van der Waals surface area contributed by atoms with Gasteiger partial charge in [0, 0.05) is 43.4 Å². The van der Waals surface area contributed by atoms with Gasteiger partial charge in [-0.3, -0.25) is 14.9 Å². The molecule has 1 fully saturated rings. The molecule has 1 atom stereocenters. The van der Waals surface area contributed by atoms with Gasteiger partial charge in [0.15, 0.2) is 5.06 Å². The molecular formula is C22H28ClN3O5. The number of aliphatic hydroxyl groups is 1. The van der Waals surface area contributed by atoms with Crippen LogP contribution in [0.1, 0.15) is 49.4 Å². The lowest BCUT2D eigenvalue weighted by molar-refractivity contribution is -0.384. The Morgan fingerprint density at radius 1 is 1.35 bits per heavy atom. The van der Waals surface area contributed by atoms with Crippen LogP contribution in [0.25, 0.3) is 0 Å². The summed E-state index contributed by atoms with van der Waals surface area (Å²) in [6.07, 6.45) is 8.61. The second-order valence-electron chi connectivity index (χ2n) is 7.86. The number of hydrogen-bond acceptors (Lipinski definition) is 6. The van der Waals surface area contributed by atoms with Crippen LogP contribution in [0.3, 0.4) is 0 Å². The van der Waals surface area contributed by atoms with Crippen LogP contribution in [0.4, 0.5) is 11.4 Å². The number of ether oxygens (including phenoxy) is 1.